The van der Waals surface area contributed by atoms with Crippen LogP contribution in [0.4, 0.5) is 11.4 Å². The minimum absolute atomic E-state index is 0.125. The highest BCUT2D eigenvalue weighted by Crippen LogP contribution is 2.26. The Hall–Kier alpha value is -4.25. The number of nitrogens with two attached hydrogens (primary N) is 2. The smallest absolute Gasteiger partial charge is 0.193 e. The van der Waals surface area contributed by atoms with Gasteiger partial charge in [-0.2, -0.15) is 0 Å². The fourth-order valence-electron chi connectivity index (χ4n) is 2.91. The first-order chi connectivity index (χ1) is 14.6. The maximum Gasteiger partial charge on any atom is 0.193 e. The second-order valence-corrected chi connectivity index (χ2v) is 6.73. The topological polar surface area (TPSA) is 87.6 Å². The second kappa shape index (κ2) is 8.41. The van der Waals surface area contributed by atoms with Gasteiger partial charge >= 0.3 is 0 Å². The number of hydrogen-bond donors (Lipinski definition) is 2. The Bertz CT molecular complexity index is 1080. The number of ether oxygens (including phenoxy) is 2. The van der Waals surface area contributed by atoms with Crippen LogP contribution in [0.5, 0.6) is 23.0 Å². The van der Waals surface area contributed by atoms with Crippen LogP contribution >= 0.6 is 0 Å². The zero-order valence-corrected chi connectivity index (χ0v) is 16.1. The average molecular weight is 396 g/mol. The molecule has 4 N–H and O–H groups in total. The summed E-state index contributed by atoms with van der Waals surface area (Å²) in [7, 11) is 0. The molecule has 0 spiro atoms. The SMILES string of the molecule is Nc1ccc(Oc2cccc(C(=O)c3cccc(Oc4ccc(N)cc4)c3)c2)cc1. The molecule has 0 aliphatic carbocycles. The third kappa shape index (κ3) is 4.59. The largest absolute Gasteiger partial charge is 0.457 e. The third-order valence-electron chi connectivity index (χ3n) is 4.42. The predicted octanol–water partition coefficient (Wildman–Crippen LogP) is 5.67. The molecule has 5 nitrogen and oxygen atoms in total. The van der Waals surface area contributed by atoms with Gasteiger partial charge in [0.05, 0.1) is 0 Å². The van der Waals surface area contributed by atoms with Crippen LogP contribution < -0.4 is 20.9 Å². The van der Waals surface area contributed by atoms with Gasteiger partial charge in [0.15, 0.2) is 5.78 Å². The van der Waals surface area contributed by atoms with Gasteiger partial charge in [-0.3, -0.25) is 4.79 Å². The van der Waals surface area contributed by atoms with E-state index in [0.717, 1.165) is 0 Å². The zero-order chi connectivity index (χ0) is 20.9. The van der Waals surface area contributed by atoms with Gasteiger partial charge in [0.2, 0.25) is 0 Å². The Kier molecular flexibility index (Phi) is 5.35. The number of anilines is 2. The van der Waals surface area contributed by atoms with E-state index >= 15 is 0 Å². The Morgan fingerprint density at radius 1 is 0.533 bits per heavy atom. The summed E-state index contributed by atoms with van der Waals surface area (Å²) < 4.78 is 11.7. The van der Waals surface area contributed by atoms with E-state index in [9.17, 15) is 4.79 Å². The molecule has 5 heteroatoms. The molecule has 0 atom stereocenters. The summed E-state index contributed by atoms with van der Waals surface area (Å²) in [6, 6.07) is 28.3. The van der Waals surface area contributed by atoms with Crippen LogP contribution in [0.1, 0.15) is 15.9 Å². The van der Waals surface area contributed by atoms with E-state index in [0.29, 0.717) is 45.5 Å². The molecule has 0 bridgehead atoms. The highest BCUT2D eigenvalue weighted by atomic mass is 16.5. The van der Waals surface area contributed by atoms with E-state index in [1.807, 2.05) is 0 Å². The zero-order valence-electron chi connectivity index (χ0n) is 16.1. The number of ketones is 1. The molecular formula is C25H20N2O3. The lowest BCUT2D eigenvalue weighted by atomic mass is 10.0. The molecule has 0 aliphatic rings. The van der Waals surface area contributed by atoms with E-state index in [1.54, 1.807) is 97.1 Å². The van der Waals surface area contributed by atoms with Gasteiger partial charge in [0, 0.05) is 22.5 Å². The van der Waals surface area contributed by atoms with Crippen molar-refractivity contribution in [2.75, 3.05) is 11.5 Å². The van der Waals surface area contributed by atoms with Gasteiger partial charge in [-0.15, -0.1) is 0 Å². The second-order valence-electron chi connectivity index (χ2n) is 6.73. The molecule has 4 rings (SSSR count). The van der Waals surface area contributed by atoms with Crippen LogP contribution in [0.25, 0.3) is 0 Å². The molecule has 0 amide bonds. The lowest BCUT2D eigenvalue weighted by Crippen LogP contribution is -2.01. The first-order valence-corrected chi connectivity index (χ1v) is 9.38. The van der Waals surface area contributed by atoms with Crippen molar-refractivity contribution >= 4 is 17.2 Å². The third-order valence-corrected chi connectivity index (χ3v) is 4.42. The fourth-order valence-corrected chi connectivity index (χ4v) is 2.91. The average Bonchev–Trinajstić information content (AvgIpc) is 2.77. The van der Waals surface area contributed by atoms with E-state index in [1.165, 1.54) is 0 Å². The molecule has 0 unspecified atom stereocenters. The highest BCUT2D eigenvalue weighted by molar-refractivity contribution is 6.09. The molecule has 0 saturated carbocycles. The van der Waals surface area contributed by atoms with Crippen molar-refractivity contribution in [2.24, 2.45) is 0 Å². The standard InChI is InChI=1S/C25H20N2O3/c26-19-7-11-21(12-8-19)29-23-5-1-3-17(15-23)25(28)18-4-2-6-24(16-18)30-22-13-9-20(27)10-14-22/h1-16H,26-27H2. The number of carbonyl (C=O) groups is 1. The van der Waals surface area contributed by atoms with E-state index in [4.69, 9.17) is 20.9 Å². The van der Waals surface area contributed by atoms with Crippen molar-refractivity contribution in [3.63, 3.8) is 0 Å². The fraction of sp³-hybridized carbons (Fsp3) is 0. The number of hydrogen-bond acceptors (Lipinski definition) is 5. The summed E-state index contributed by atoms with van der Waals surface area (Å²) in [5, 5.41) is 0. The minimum Gasteiger partial charge on any atom is -0.457 e. The first-order valence-electron chi connectivity index (χ1n) is 9.38. The normalized spacial score (nSPS) is 10.4. The van der Waals surface area contributed by atoms with Crippen molar-refractivity contribution in [3.8, 4) is 23.0 Å². The Labute approximate surface area is 174 Å². The summed E-state index contributed by atoms with van der Waals surface area (Å²) in [5.41, 5.74) is 13.8. The summed E-state index contributed by atoms with van der Waals surface area (Å²) in [4.78, 5) is 13.0. The monoisotopic (exact) mass is 396 g/mol. The van der Waals surface area contributed by atoms with Crippen LogP contribution in [0.3, 0.4) is 0 Å². The number of benzene rings is 4. The minimum atomic E-state index is -0.125. The Morgan fingerprint density at radius 3 is 1.33 bits per heavy atom. The van der Waals surface area contributed by atoms with Gasteiger partial charge in [-0.05, 0) is 72.8 Å². The van der Waals surface area contributed by atoms with Crippen molar-refractivity contribution in [1.82, 2.24) is 0 Å². The van der Waals surface area contributed by atoms with Crippen molar-refractivity contribution in [3.05, 3.63) is 108 Å². The summed E-state index contributed by atoms with van der Waals surface area (Å²) in [6.07, 6.45) is 0. The van der Waals surface area contributed by atoms with Crippen molar-refractivity contribution < 1.29 is 14.3 Å². The van der Waals surface area contributed by atoms with Gasteiger partial charge in [-0.1, -0.05) is 24.3 Å². The quantitative estimate of drug-likeness (QED) is 0.324. The highest BCUT2D eigenvalue weighted by Gasteiger charge is 2.12. The number of rotatable bonds is 6. The molecule has 0 aromatic heterocycles. The van der Waals surface area contributed by atoms with E-state index < -0.39 is 0 Å². The molecule has 30 heavy (non-hydrogen) atoms. The molecule has 4 aromatic carbocycles. The molecule has 0 radical (unpaired) electrons. The lowest BCUT2D eigenvalue weighted by molar-refractivity contribution is 0.103. The Balaban J connectivity index is 1.52. The van der Waals surface area contributed by atoms with E-state index in [-0.39, 0.29) is 5.78 Å². The van der Waals surface area contributed by atoms with Gasteiger partial charge in [0.25, 0.3) is 0 Å². The number of nitrogen functional groups attached to an aromatic ring is 2. The molecule has 0 saturated heterocycles. The van der Waals surface area contributed by atoms with Crippen LogP contribution in [-0.4, -0.2) is 5.78 Å². The van der Waals surface area contributed by atoms with Gasteiger partial charge in [0.1, 0.15) is 23.0 Å². The van der Waals surface area contributed by atoms with E-state index in [2.05, 4.69) is 0 Å². The van der Waals surface area contributed by atoms with Crippen LogP contribution in [0, 0.1) is 0 Å². The van der Waals surface area contributed by atoms with Crippen molar-refractivity contribution in [2.45, 2.75) is 0 Å². The summed E-state index contributed by atoms with van der Waals surface area (Å²) >= 11 is 0. The van der Waals surface area contributed by atoms with Crippen LogP contribution in [0.2, 0.25) is 0 Å². The molecule has 148 valence electrons. The Morgan fingerprint density at radius 2 is 0.933 bits per heavy atom. The van der Waals surface area contributed by atoms with Gasteiger partial charge < -0.3 is 20.9 Å². The lowest BCUT2D eigenvalue weighted by Gasteiger charge is -2.09. The van der Waals surface area contributed by atoms with Crippen LogP contribution in [0.15, 0.2) is 97.1 Å². The van der Waals surface area contributed by atoms with Crippen molar-refractivity contribution in [1.29, 1.82) is 0 Å². The molecule has 4 aromatic rings. The maximum atomic E-state index is 13.0. The van der Waals surface area contributed by atoms with Crippen LogP contribution in [-0.2, 0) is 0 Å². The molecule has 0 fully saturated rings. The summed E-state index contributed by atoms with van der Waals surface area (Å²) in [5.74, 6) is 2.31. The first kappa shape index (κ1) is 19.1. The summed E-state index contributed by atoms with van der Waals surface area (Å²) in [6.45, 7) is 0. The molecular weight excluding hydrogens is 376 g/mol. The number of carbonyl (C=O) groups excluding carboxylic acids is 1. The molecule has 0 heterocycles. The predicted molar refractivity (Wildman–Crippen MR) is 118 cm³/mol. The maximum absolute atomic E-state index is 13.0. The van der Waals surface area contributed by atoms with Gasteiger partial charge in [-0.25, -0.2) is 0 Å². The molecule has 0 aliphatic heterocycles.